The van der Waals surface area contributed by atoms with Crippen LogP contribution in [0.2, 0.25) is 0 Å². The maximum atomic E-state index is 11.5. The van der Waals surface area contributed by atoms with Crippen molar-refractivity contribution in [3.63, 3.8) is 0 Å². The number of hydrogen-bond acceptors (Lipinski definition) is 2. The molecule has 2 rings (SSSR count). The fraction of sp³-hybridized carbons (Fsp3) is 0.889. The molecule has 2 aliphatic carbocycles. The van der Waals surface area contributed by atoms with E-state index in [-0.39, 0.29) is 12.0 Å². The number of ketones is 1. The summed E-state index contributed by atoms with van der Waals surface area (Å²) in [5, 5.41) is 0. The molecule has 0 spiro atoms. The molecule has 62 valence electrons. The molecule has 0 bridgehead atoms. The lowest BCUT2D eigenvalue weighted by atomic mass is 9.96. The van der Waals surface area contributed by atoms with E-state index < -0.39 is 0 Å². The lowest BCUT2D eigenvalue weighted by molar-refractivity contribution is -0.124. The minimum Gasteiger partial charge on any atom is -0.327 e. The zero-order valence-corrected chi connectivity index (χ0v) is 6.75. The second-order valence-electron chi connectivity index (χ2n) is 3.88. The Morgan fingerprint density at radius 3 is 2.36 bits per heavy atom. The summed E-state index contributed by atoms with van der Waals surface area (Å²) in [5.74, 6) is 1.10. The van der Waals surface area contributed by atoms with E-state index >= 15 is 0 Å². The van der Waals surface area contributed by atoms with Gasteiger partial charge in [0.25, 0.3) is 0 Å². The van der Waals surface area contributed by atoms with E-state index in [1.165, 1.54) is 0 Å². The first-order chi connectivity index (χ1) is 5.29. The molecule has 2 fully saturated rings. The van der Waals surface area contributed by atoms with E-state index in [9.17, 15) is 4.79 Å². The molecule has 0 aliphatic heterocycles. The molecule has 0 aromatic carbocycles. The highest BCUT2D eigenvalue weighted by molar-refractivity contribution is 5.86. The first kappa shape index (κ1) is 7.29. The predicted molar refractivity (Wildman–Crippen MR) is 43.0 cm³/mol. The minimum absolute atomic E-state index is 0.183. The molecule has 0 aromatic rings. The summed E-state index contributed by atoms with van der Waals surface area (Å²) in [6, 6.07) is 0.183. The van der Waals surface area contributed by atoms with E-state index in [1.807, 2.05) is 0 Å². The monoisotopic (exact) mass is 153 g/mol. The quantitative estimate of drug-likeness (QED) is 0.645. The van der Waals surface area contributed by atoms with Gasteiger partial charge in [0.15, 0.2) is 0 Å². The van der Waals surface area contributed by atoms with Crippen LogP contribution in [0.15, 0.2) is 0 Å². The topological polar surface area (TPSA) is 43.1 Å². The Kier molecular flexibility index (Phi) is 1.72. The lowest BCUT2D eigenvalue weighted by Gasteiger charge is -2.12. The highest BCUT2D eigenvalue weighted by Crippen LogP contribution is 2.37. The van der Waals surface area contributed by atoms with Crippen LogP contribution in [-0.2, 0) is 4.79 Å². The van der Waals surface area contributed by atoms with Crippen molar-refractivity contribution in [1.29, 1.82) is 0 Å². The second kappa shape index (κ2) is 2.59. The first-order valence-electron chi connectivity index (χ1n) is 4.58. The Morgan fingerprint density at radius 2 is 1.91 bits per heavy atom. The average molecular weight is 153 g/mol. The van der Waals surface area contributed by atoms with Crippen LogP contribution in [0.1, 0.15) is 32.1 Å². The summed E-state index contributed by atoms with van der Waals surface area (Å²) < 4.78 is 0. The van der Waals surface area contributed by atoms with Crippen molar-refractivity contribution in [2.24, 2.45) is 17.6 Å². The first-order valence-corrected chi connectivity index (χ1v) is 4.58. The van der Waals surface area contributed by atoms with E-state index in [1.54, 1.807) is 0 Å². The maximum absolute atomic E-state index is 11.5. The maximum Gasteiger partial charge on any atom is 0.140 e. The van der Waals surface area contributed by atoms with E-state index in [0.29, 0.717) is 11.7 Å². The molecule has 2 aliphatic rings. The molecule has 0 radical (unpaired) electrons. The summed E-state index contributed by atoms with van der Waals surface area (Å²) >= 11 is 0. The van der Waals surface area contributed by atoms with Gasteiger partial charge < -0.3 is 5.73 Å². The van der Waals surface area contributed by atoms with Crippen LogP contribution in [0.3, 0.4) is 0 Å². The Bertz CT molecular complexity index is 174. The van der Waals surface area contributed by atoms with Gasteiger partial charge >= 0.3 is 0 Å². The van der Waals surface area contributed by atoms with Gasteiger partial charge in [-0.25, -0.2) is 0 Å². The number of carbonyl (C=O) groups excluding carboxylic acids is 1. The zero-order chi connectivity index (χ0) is 7.84. The normalized spacial score (nSPS) is 37.5. The van der Waals surface area contributed by atoms with E-state index in [4.69, 9.17) is 5.73 Å². The molecule has 2 N–H and O–H groups in total. The van der Waals surface area contributed by atoms with Crippen molar-refractivity contribution in [2.45, 2.75) is 38.1 Å². The zero-order valence-electron chi connectivity index (χ0n) is 6.75. The van der Waals surface area contributed by atoms with Gasteiger partial charge in [-0.2, -0.15) is 0 Å². The molecular formula is C9H15NO. The number of hydrogen-bond donors (Lipinski definition) is 1. The van der Waals surface area contributed by atoms with Crippen LogP contribution in [-0.4, -0.2) is 11.8 Å². The molecule has 11 heavy (non-hydrogen) atoms. The molecule has 0 heterocycles. The smallest absolute Gasteiger partial charge is 0.140 e. The van der Waals surface area contributed by atoms with Crippen molar-refractivity contribution in [3.05, 3.63) is 0 Å². The molecule has 0 aromatic heterocycles. The third kappa shape index (κ3) is 1.32. The number of carbonyl (C=O) groups is 1. The van der Waals surface area contributed by atoms with Gasteiger partial charge in [-0.05, 0) is 25.7 Å². The van der Waals surface area contributed by atoms with Crippen LogP contribution >= 0.6 is 0 Å². The summed E-state index contributed by atoms with van der Waals surface area (Å²) in [6.07, 6.45) is 5.52. The van der Waals surface area contributed by atoms with Gasteiger partial charge in [0.2, 0.25) is 0 Å². The van der Waals surface area contributed by atoms with Crippen molar-refractivity contribution in [3.8, 4) is 0 Å². The van der Waals surface area contributed by atoms with Gasteiger partial charge in [0, 0.05) is 17.9 Å². The number of Topliss-reactive ketones (excluding diaryl/α,β-unsaturated/α-hetero) is 1. The molecule has 2 saturated carbocycles. The van der Waals surface area contributed by atoms with Crippen molar-refractivity contribution < 1.29 is 4.79 Å². The summed E-state index contributed by atoms with van der Waals surface area (Å²) in [4.78, 5) is 11.5. The minimum atomic E-state index is 0.183. The van der Waals surface area contributed by atoms with Gasteiger partial charge in [-0.3, -0.25) is 4.79 Å². The third-order valence-corrected chi connectivity index (χ3v) is 2.91. The van der Waals surface area contributed by atoms with Gasteiger partial charge in [-0.1, -0.05) is 6.42 Å². The summed E-state index contributed by atoms with van der Waals surface area (Å²) in [7, 11) is 0. The van der Waals surface area contributed by atoms with Crippen molar-refractivity contribution >= 4 is 5.78 Å². The third-order valence-electron chi connectivity index (χ3n) is 2.91. The molecule has 2 heteroatoms. The molecule has 2 nitrogen and oxygen atoms in total. The molecular weight excluding hydrogens is 138 g/mol. The largest absolute Gasteiger partial charge is 0.327 e. The van der Waals surface area contributed by atoms with E-state index in [2.05, 4.69) is 0 Å². The van der Waals surface area contributed by atoms with Crippen LogP contribution < -0.4 is 5.73 Å². The Morgan fingerprint density at radius 1 is 1.18 bits per heavy atom. The average Bonchev–Trinajstić information content (AvgIpc) is 2.74. The Balaban J connectivity index is 1.96. The molecule has 2 unspecified atom stereocenters. The van der Waals surface area contributed by atoms with Crippen molar-refractivity contribution in [1.82, 2.24) is 0 Å². The summed E-state index contributed by atoms with van der Waals surface area (Å²) in [5.41, 5.74) is 5.82. The SMILES string of the molecule is NC1CCCC1C(=O)C1CC1. The van der Waals surface area contributed by atoms with Crippen LogP contribution in [0, 0.1) is 11.8 Å². The Labute approximate surface area is 67.1 Å². The van der Waals surface area contributed by atoms with Crippen molar-refractivity contribution in [2.75, 3.05) is 0 Å². The fourth-order valence-corrected chi connectivity index (χ4v) is 2.01. The highest BCUT2D eigenvalue weighted by Gasteiger charge is 2.39. The lowest BCUT2D eigenvalue weighted by Crippen LogP contribution is -2.31. The van der Waals surface area contributed by atoms with Crippen LogP contribution in [0.25, 0.3) is 0 Å². The van der Waals surface area contributed by atoms with Crippen LogP contribution in [0.5, 0.6) is 0 Å². The highest BCUT2D eigenvalue weighted by atomic mass is 16.1. The molecule has 2 atom stereocenters. The second-order valence-corrected chi connectivity index (χ2v) is 3.88. The Hall–Kier alpha value is -0.370. The standard InChI is InChI=1S/C9H15NO/c10-8-3-1-2-7(8)9(11)6-4-5-6/h6-8H,1-5,10H2. The fourth-order valence-electron chi connectivity index (χ4n) is 2.01. The van der Waals surface area contributed by atoms with Gasteiger partial charge in [0.05, 0.1) is 0 Å². The predicted octanol–water partition coefficient (Wildman–Crippen LogP) is 1.09. The number of nitrogens with two attached hydrogens (primary N) is 1. The van der Waals surface area contributed by atoms with E-state index in [0.717, 1.165) is 32.1 Å². The van der Waals surface area contributed by atoms with Crippen LogP contribution in [0.4, 0.5) is 0 Å². The number of rotatable bonds is 2. The molecule has 0 amide bonds. The van der Waals surface area contributed by atoms with Gasteiger partial charge in [-0.15, -0.1) is 0 Å². The molecule has 0 saturated heterocycles. The summed E-state index contributed by atoms with van der Waals surface area (Å²) in [6.45, 7) is 0. The van der Waals surface area contributed by atoms with Gasteiger partial charge in [0.1, 0.15) is 5.78 Å².